The van der Waals surface area contributed by atoms with Gasteiger partial charge in [0.1, 0.15) is 0 Å². The van der Waals surface area contributed by atoms with Gasteiger partial charge in [0.25, 0.3) is 0 Å². The molecule has 0 spiro atoms. The Morgan fingerprint density at radius 3 is 2.50 bits per heavy atom. The molecule has 1 nitrogen and oxygen atoms in total. The molecule has 1 N–H and O–H groups in total. The van der Waals surface area contributed by atoms with E-state index in [0.717, 1.165) is 6.04 Å². The van der Waals surface area contributed by atoms with Gasteiger partial charge in [-0.05, 0) is 37.6 Å². The van der Waals surface area contributed by atoms with E-state index in [9.17, 15) is 0 Å². The predicted molar refractivity (Wildman–Crippen MR) is 43.0 cm³/mol. The van der Waals surface area contributed by atoms with Gasteiger partial charge in [-0.3, -0.25) is 0 Å². The van der Waals surface area contributed by atoms with Crippen molar-refractivity contribution in [2.24, 2.45) is 5.41 Å². The zero-order valence-electron chi connectivity index (χ0n) is 6.82. The van der Waals surface area contributed by atoms with E-state index in [1.165, 1.54) is 38.6 Å². The fourth-order valence-corrected chi connectivity index (χ4v) is 2.36. The van der Waals surface area contributed by atoms with E-state index >= 15 is 0 Å². The Kier molecular flexibility index (Phi) is 1.48. The van der Waals surface area contributed by atoms with Gasteiger partial charge in [-0.15, -0.1) is 0 Å². The Balaban J connectivity index is 1.96. The molecular formula is C9H17N. The van der Waals surface area contributed by atoms with Gasteiger partial charge >= 0.3 is 0 Å². The monoisotopic (exact) mass is 139 g/mol. The second kappa shape index (κ2) is 2.23. The third-order valence-corrected chi connectivity index (χ3v) is 3.40. The highest BCUT2D eigenvalue weighted by Gasteiger charge is 2.40. The molecule has 1 aliphatic carbocycles. The fraction of sp³-hybridized carbons (Fsp3) is 1.00. The van der Waals surface area contributed by atoms with Gasteiger partial charge < -0.3 is 5.32 Å². The lowest BCUT2D eigenvalue weighted by atomic mass is 9.65. The van der Waals surface area contributed by atoms with E-state index in [4.69, 9.17) is 0 Å². The van der Waals surface area contributed by atoms with Crippen molar-refractivity contribution in [2.45, 2.75) is 45.1 Å². The van der Waals surface area contributed by atoms with Crippen molar-refractivity contribution in [3.8, 4) is 0 Å². The molecule has 0 radical (unpaired) electrons. The van der Waals surface area contributed by atoms with Crippen LogP contribution in [0.4, 0.5) is 0 Å². The molecular weight excluding hydrogens is 122 g/mol. The normalized spacial score (nSPS) is 37.5. The highest BCUT2D eigenvalue weighted by molar-refractivity contribution is 4.96. The van der Waals surface area contributed by atoms with Crippen molar-refractivity contribution in [1.82, 2.24) is 5.32 Å². The molecule has 1 unspecified atom stereocenters. The summed E-state index contributed by atoms with van der Waals surface area (Å²) < 4.78 is 0. The lowest BCUT2D eigenvalue weighted by molar-refractivity contribution is 0.108. The van der Waals surface area contributed by atoms with Crippen LogP contribution < -0.4 is 5.32 Å². The largest absolute Gasteiger partial charge is 0.313 e. The van der Waals surface area contributed by atoms with Crippen LogP contribution in [0, 0.1) is 5.41 Å². The smallest absolute Gasteiger partial charge is 0.0121 e. The van der Waals surface area contributed by atoms with Crippen LogP contribution in [0.25, 0.3) is 0 Å². The first kappa shape index (κ1) is 6.66. The molecule has 1 atom stereocenters. The number of nitrogens with one attached hydrogen (secondary N) is 1. The second-order valence-electron chi connectivity index (χ2n) is 4.16. The minimum absolute atomic E-state index is 0.691. The van der Waals surface area contributed by atoms with Crippen molar-refractivity contribution >= 4 is 0 Å². The van der Waals surface area contributed by atoms with Crippen LogP contribution in [-0.4, -0.2) is 12.6 Å². The first-order valence-corrected chi connectivity index (χ1v) is 4.55. The van der Waals surface area contributed by atoms with Crippen LogP contribution in [0.15, 0.2) is 0 Å². The summed E-state index contributed by atoms with van der Waals surface area (Å²) in [5.74, 6) is 0. The maximum Gasteiger partial charge on any atom is 0.0121 e. The summed E-state index contributed by atoms with van der Waals surface area (Å²) in [6, 6.07) is 0.862. The van der Waals surface area contributed by atoms with E-state index < -0.39 is 0 Å². The van der Waals surface area contributed by atoms with Crippen molar-refractivity contribution in [3.05, 3.63) is 0 Å². The van der Waals surface area contributed by atoms with E-state index in [-0.39, 0.29) is 0 Å². The van der Waals surface area contributed by atoms with Gasteiger partial charge in [0.05, 0.1) is 0 Å². The minimum atomic E-state index is 0.691. The molecule has 0 amide bonds. The molecule has 10 heavy (non-hydrogen) atoms. The van der Waals surface area contributed by atoms with E-state index in [1.54, 1.807) is 0 Å². The molecule has 0 aromatic carbocycles. The molecule has 1 heterocycles. The average molecular weight is 139 g/mol. The number of hydrogen-bond acceptors (Lipinski definition) is 1. The minimum Gasteiger partial charge on any atom is -0.313 e. The Morgan fingerprint density at radius 2 is 2.10 bits per heavy atom. The molecule has 2 fully saturated rings. The molecule has 0 bridgehead atoms. The zero-order chi connectivity index (χ0) is 7.03. The van der Waals surface area contributed by atoms with E-state index in [2.05, 4.69) is 12.2 Å². The first-order valence-electron chi connectivity index (χ1n) is 4.55. The van der Waals surface area contributed by atoms with Gasteiger partial charge in [-0.1, -0.05) is 13.3 Å². The summed E-state index contributed by atoms with van der Waals surface area (Å²) in [5, 5.41) is 3.60. The standard InChI is InChI=1S/C9H17N/c1-9(5-3-6-9)8-4-2-7-10-8/h8,10H,2-7H2,1H3. The molecule has 2 rings (SSSR count). The Morgan fingerprint density at radius 1 is 1.30 bits per heavy atom. The number of hydrogen-bond donors (Lipinski definition) is 1. The van der Waals surface area contributed by atoms with Gasteiger partial charge in [0.15, 0.2) is 0 Å². The van der Waals surface area contributed by atoms with Crippen LogP contribution in [0.3, 0.4) is 0 Å². The maximum absolute atomic E-state index is 3.60. The highest BCUT2D eigenvalue weighted by atomic mass is 15.0. The van der Waals surface area contributed by atoms with Crippen molar-refractivity contribution in [2.75, 3.05) is 6.54 Å². The first-order chi connectivity index (χ1) is 4.81. The van der Waals surface area contributed by atoms with Crippen molar-refractivity contribution < 1.29 is 0 Å². The fourth-order valence-electron chi connectivity index (χ4n) is 2.36. The van der Waals surface area contributed by atoms with Crippen LogP contribution in [0.5, 0.6) is 0 Å². The molecule has 1 heteroatoms. The van der Waals surface area contributed by atoms with E-state index in [1.807, 2.05) is 0 Å². The highest BCUT2D eigenvalue weighted by Crippen LogP contribution is 2.45. The molecule has 1 saturated carbocycles. The van der Waals surface area contributed by atoms with Crippen molar-refractivity contribution in [1.29, 1.82) is 0 Å². The summed E-state index contributed by atoms with van der Waals surface area (Å²) in [4.78, 5) is 0. The number of rotatable bonds is 1. The Bertz CT molecular complexity index is 121. The van der Waals surface area contributed by atoms with Crippen molar-refractivity contribution in [3.63, 3.8) is 0 Å². The van der Waals surface area contributed by atoms with Gasteiger partial charge in [0.2, 0.25) is 0 Å². The molecule has 58 valence electrons. The van der Waals surface area contributed by atoms with Gasteiger partial charge in [-0.25, -0.2) is 0 Å². The Hall–Kier alpha value is -0.0400. The quantitative estimate of drug-likeness (QED) is 0.585. The van der Waals surface area contributed by atoms with Gasteiger partial charge in [0, 0.05) is 6.04 Å². The second-order valence-corrected chi connectivity index (χ2v) is 4.16. The molecule has 1 aliphatic heterocycles. The van der Waals surface area contributed by atoms with Crippen LogP contribution in [0.1, 0.15) is 39.0 Å². The summed E-state index contributed by atoms with van der Waals surface area (Å²) >= 11 is 0. The maximum atomic E-state index is 3.60. The lowest BCUT2D eigenvalue weighted by Crippen LogP contribution is -2.44. The summed E-state index contributed by atoms with van der Waals surface area (Å²) in [7, 11) is 0. The third kappa shape index (κ3) is 0.878. The molecule has 0 aromatic rings. The Labute approximate surface area is 63.2 Å². The molecule has 1 saturated heterocycles. The summed E-state index contributed by atoms with van der Waals surface area (Å²) in [6.07, 6.45) is 7.22. The average Bonchev–Trinajstić information content (AvgIpc) is 2.33. The van der Waals surface area contributed by atoms with Crippen LogP contribution in [-0.2, 0) is 0 Å². The van der Waals surface area contributed by atoms with Crippen LogP contribution in [0.2, 0.25) is 0 Å². The summed E-state index contributed by atoms with van der Waals surface area (Å²) in [5.41, 5.74) is 0.691. The lowest BCUT2D eigenvalue weighted by Gasteiger charge is -2.43. The molecule has 0 aromatic heterocycles. The third-order valence-electron chi connectivity index (χ3n) is 3.40. The van der Waals surface area contributed by atoms with Gasteiger partial charge in [-0.2, -0.15) is 0 Å². The van der Waals surface area contributed by atoms with E-state index in [0.29, 0.717) is 5.41 Å². The molecule has 2 aliphatic rings. The SMILES string of the molecule is CC1(C2CCCN2)CCC1. The van der Waals surface area contributed by atoms with Crippen LogP contribution >= 0.6 is 0 Å². The zero-order valence-corrected chi connectivity index (χ0v) is 6.82. The predicted octanol–water partition coefficient (Wildman–Crippen LogP) is 1.93. The summed E-state index contributed by atoms with van der Waals surface area (Å²) in [6.45, 7) is 3.71. The topological polar surface area (TPSA) is 12.0 Å².